The largest absolute Gasteiger partial charge is 0.480 e. The monoisotopic (exact) mass is 294 g/mol. The number of carboxylic acid groups (broad SMARTS) is 1. The van der Waals surface area contributed by atoms with Gasteiger partial charge in [0.2, 0.25) is 0 Å². The van der Waals surface area contributed by atoms with Gasteiger partial charge in [-0.15, -0.1) is 0 Å². The molecule has 1 aromatic heterocycles. The lowest BCUT2D eigenvalue weighted by atomic mass is 9.90. The number of nitrogens with one attached hydrogen (secondary N) is 1. The number of likely N-dealkylation sites (N-methyl/N-ethyl adjacent to an activating group) is 1. The summed E-state index contributed by atoms with van der Waals surface area (Å²) in [6.07, 6.45) is 6.02. The average Bonchev–Trinajstić information content (AvgIpc) is 2.93. The van der Waals surface area contributed by atoms with Gasteiger partial charge in [0.25, 0.3) is 0 Å². The molecular formula is C15H26N4O2. The number of carbonyl (C=O) groups is 1. The SMILES string of the molecule is CCNC(CC)(CCCN1CCn2ccnc2C1)C(=O)O. The number of nitrogens with zero attached hydrogens (tertiary/aromatic N) is 3. The summed E-state index contributed by atoms with van der Waals surface area (Å²) in [5, 5.41) is 12.7. The maximum absolute atomic E-state index is 11.6. The van der Waals surface area contributed by atoms with E-state index in [9.17, 15) is 9.90 Å². The molecule has 6 nitrogen and oxygen atoms in total. The van der Waals surface area contributed by atoms with Gasteiger partial charge < -0.3 is 15.0 Å². The van der Waals surface area contributed by atoms with Gasteiger partial charge in [0.15, 0.2) is 0 Å². The van der Waals surface area contributed by atoms with E-state index in [2.05, 4.69) is 19.8 Å². The van der Waals surface area contributed by atoms with E-state index < -0.39 is 11.5 Å². The van der Waals surface area contributed by atoms with Crippen molar-refractivity contribution in [1.29, 1.82) is 0 Å². The number of hydrogen-bond acceptors (Lipinski definition) is 4. The lowest BCUT2D eigenvalue weighted by molar-refractivity contribution is -0.145. The minimum atomic E-state index is -0.775. The quantitative estimate of drug-likeness (QED) is 0.757. The molecule has 0 radical (unpaired) electrons. The van der Waals surface area contributed by atoms with Crippen molar-refractivity contribution in [3.05, 3.63) is 18.2 Å². The average molecular weight is 294 g/mol. The van der Waals surface area contributed by atoms with Crippen LogP contribution in [0.25, 0.3) is 0 Å². The van der Waals surface area contributed by atoms with Crippen molar-refractivity contribution in [1.82, 2.24) is 19.8 Å². The topological polar surface area (TPSA) is 70.4 Å². The van der Waals surface area contributed by atoms with Gasteiger partial charge in [0.05, 0.1) is 6.54 Å². The highest BCUT2D eigenvalue weighted by Crippen LogP contribution is 2.19. The van der Waals surface area contributed by atoms with Crippen LogP contribution in [0, 0.1) is 0 Å². The molecule has 0 saturated heterocycles. The molecular weight excluding hydrogens is 268 g/mol. The molecule has 0 aliphatic carbocycles. The van der Waals surface area contributed by atoms with Crippen LogP contribution in [0.3, 0.4) is 0 Å². The van der Waals surface area contributed by atoms with Crippen LogP contribution in [0.4, 0.5) is 0 Å². The van der Waals surface area contributed by atoms with Gasteiger partial charge in [-0.05, 0) is 32.4 Å². The molecule has 1 aliphatic rings. The zero-order valence-corrected chi connectivity index (χ0v) is 13.0. The fourth-order valence-electron chi connectivity index (χ4n) is 3.08. The summed E-state index contributed by atoms with van der Waals surface area (Å²) in [5.74, 6) is 0.369. The van der Waals surface area contributed by atoms with E-state index in [1.54, 1.807) is 0 Å². The number of imidazole rings is 1. The molecule has 0 bridgehead atoms. The molecule has 0 amide bonds. The molecule has 1 unspecified atom stereocenters. The van der Waals surface area contributed by atoms with E-state index in [1.807, 2.05) is 26.2 Å². The first kappa shape index (κ1) is 16.0. The fraction of sp³-hybridized carbons (Fsp3) is 0.733. The Hall–Kier alpha value is -1.40. The summed E-state index contributed by atoms with van der Waals surface area (Å²) in [7, 11) is 0. The molecule has 0 spiro atoms. The zero-order chi connectivity index (χ0) is 15.3. The number of hydrogen-bond donors (Lipinski definition) is 2. The van der Waals surface area contributed by atoms with Crippen LogP contribution in [-0.2, 0) is 17.9 Å². The summed E-state index contributed by atoms with van der Waals surface area (Å²) < 4.78 is 2.18. The molecule has 0 fully saturated rings. The van der Waals surface area contributed by atoms with Crippen LogP contribution in [-0.4, -0.2) is 50.7 Å². The lowest BCUT2D eigenvalue weighted by Gasteiger charge is -2.31. The van der Waals surface area contributed by atoms with Crippen molar-refractivity contribution < 1.29 is 9.90 Å². The molecule has 21 heavy (non-hydrogen) atoms. The minimum Gasteiger partial charge on any atom is -0.480 e. The summed E-state index contributed by atoms with van der Waals surface area (Å²) in [6.45, 7) is 8.35. The molecule has 0 aromatic carbocycles. The maximum Gasteiger partial charge on any atom is 0.323 e. The van der Waals surface area contributed by atoms with Crippen molar-refractivity contribution >= 4 is 5.97 Å². The van der Waals surface area contributed by atoms with Crippen molar-refractivity contribution in [3.63, 3.8) is 0 Å². The van der Waals surface area contributed by atoms with Gasteiger partial charge in [0.1, 0.15) is 11.4 Å². The molecule has 0 saturated carbocycles. The van der Waals surface area contributed by atoms with Crippen LogP contribution in [0.15, 0.2) is 12.4 Å². The lowest BCUT2D eigenvalue weighted by Crippen LogP contribution is -2.52. The van der Waals surface area contributed by atoms with E-state index in [-0.39, 0.29) is 0 Å². The number of aromatic nitrogens is 2. The third-order valence-electron chi connectivity index (χ3n) is 4.43. The van der Waals surface area contributed by atoms with Crippen LogP contribution in [0.2, 0.25) is 0 Å². The Bertz CT molecular complexity index is 474. The first-order valence-electron chi connectivity index (χ1n) is 7.82. The van der Waals surface area contributed by atoms with Crippen LogP contribution >= 0.6 is 0 Å². The van der Waals surface area contributed by atoms with Crippen molar-refractivity contribution in [2.24, 2.45) is 0 Å². The van der Waals surface area contributed by atoms with Gasteiger partial charge in [0, 0.05) is 25.5 Å². The Morgan fingerprint density at radius 3 is 2.95 bits per heavy atom. The second-order valence-electron chi connectivity index (χ2n) is 5.69. The second-order valence-corrected chi connectivity index (χ2v) is 5.69. The van der Waals surface area contributed by atoms with Gasteiger partial charge in [-0.3, -0.25) is 9.69 Å². The Morgan fingerprint density at radius 1 is 1.48 bits per heavy atom. The number of aliphatic carboxylic acids is 1. The van der Waals surface area contributed by atoms with E-state index in [0.29, 0.717) is 19.4 Å². The standard InChI is InChI=1S/C15H26N4O2/c1-3-15(14(20)21,17-4-2)6-5-8-18-10-11-19-9-7-16-13(19)12-18/h7,9,17H,3-6,8,10-12H2,1-2H3,(H,20,21). The van der Waals surface area contributed by atoms with E-state index in [0.717, 1.165) is 38.4 Å². The molecule has 1 aliphatic heterocycles. The van der Waals surface area contributed by atoms with Crippen molar-refractivity contribution in [2.45, 2.75) is 51.7 Å². The molecule has 2 N–H and O–H groups in total. The molecule has 1 aromatic rings. The number of carboxylic acids is 1. The summed E-state index contributed by atoms with van der Waals surface area (Å²) in [6, 6.07) is 0. The smallest absolute Gasteiger partial charge is 0.323 e. The van der Waals surface area contributed by atoms with Crippen LogP contribution in [0.5, 0.6) is 0 Å². The van der Waals surface area contributed by atoms with Crippen molar-refractivity contribution in [3.8, 4) is 0 Å². The third kappa shape index (κ3) is 3.63. The van der Waals surface area contributed by atoms with Crippen molar-refractivity contribution in [2.75, 3.05) is 19.6 Å². The van der Waals surface area contributed by atoms with E-state index in [4.69, 9.17) is 0 Å². The van der Waals surface area contributed by atoms with Gasteiger partial charge in [-0.2, -0.15) is 0 Å². The second kappa shape index (κ2) is 7.04. The summed E-state index contributed by atoms with van der Waals surface area (Å²) >= 11 is 0. The number of rotatable bonds is 8. The Labute approximate surface area is 126 Å². The summed E-state index contributed by atoms with van der Waals surface area (Å²) in [5.41, 5.74) is -0.775. The fourth-order valence-corrected chi connectivity index (χ4v) is 3.08. The van der Waals surface area contributed by atoms with Gasteiger partial charge in [-0.25, -0.2) is 4.98 Å². The highest BCUT2D eigenvalue weighted by atomic mass is 16.4. The molecule has 118 valence electrons. The Kier molecular flexibility index (Phi) is 5.36. The first-order chi connectivity index (χ1) is 10.1. The Balaban J connectivity index is 1.84. The van der Waals surface area contributed by atoms with Gasteiger partial charge >= 0.3 is 5.97 Å². The molecule has 6 heteroatoms. The predicted octanol–water partition coefficient (Wildman–Crippen LogP) is 1.32. The van der Waals surface area contributed by atoms with E-state index in [1.165, 1.54) is 0 Å². The number of fused-ring (bicyclic) bond motifs is 1. The normalized spacial score (nSPS) is 18.2. The summed E-state index contributed by atoms with van der Waals surface area (Å²) in [4.78, 5) is 18.3. The maximum atomic E-state index is 11.6. The molecule has 2 rings (SSSR count). The van der Waals surface area contributed by atoms with Gasteiger partial charge in [-0.1, -0.05) is 13.8 Å². The van der Waals surface area contributed by atoms with Crippen LogP contribution < -0.4 is 5.32 Å². The highest BCUT2D eigenvalue weighted by Gasteiger charge is 2.35. The molecule has 2 heterocycles. The Morgan fingerprint density at radius 2 is 2.29 bits per heavy atom. The molecule has 1 atom stereocenters. The van der Waals surface area contributed by atoms with Crippen LogP contribution in [0.1, 0.15) is 38.9 Å². The predicted molar refractivity (Wildman–Crippen MR) is 81.1 cm³/mol. The van der Waals surface area contributed by atoms with E-state index >= 15 is 0 Å². The minimum absolute atomic E-state index is 0.612. The first-order valence-corrected chi connectivity index (χ1v) is 7.82. The zero-order valence-electron chi connectivity index (χ0n) is 13.0. The highest BCUT2D eigenvalue weighted by molar-refractivity contribution is 5.78. The third-order valence-corrected chi connectivity index (χ3v) is 4.43.